The number of nitrogens with one attached hydrogen (secondary N) is 2. The molecule has 1 heterocycles. The van der Waals surface area contributed by atoms with Crippen LogP contribution >= 0.6 is 11.6 Å². The third-order valence-corrected chi connectivity index (χ3v) is 7.15. The summed E-state index contributed by atoms with van der Waals surface area (Å²) in [4.78, 5) is 23.8. The molecule has 0 bridgehead atoms. The maximum absolute atomic E-state index is 13.0. The molecule has 0 radical (unpaired) electrons. The van der Waals surface area contributed by atoms with Crippen LogP contribution in [-0.4, -0.2) is 32.1 Å². The summed E-state index contributed by atoms with van der Waals surface area (Å²) in [5, 5.41) is 5.04. The van der Waals surface area contributed by atoms with Gasteiger partial charge in [-0.15, -0.1) is 0 Å². The quantitative estimate of drug-likeness (QED) is 0.725. The Bertz CT molecular complexity index is 1050. The standard InChI is InChI=1S/C20H21ClN2O5S/c1-12-7-16-17(28-11-20(25)23-16)9-18(12)29(26,27)13(2)8-19(24)22-10-14-3-5-15(21)6-4-14/h3-7,9,13H,8,10-11H2,1-2H3,(H,22,24)(H,23,25)/t13-/m0/s1. The summed E-state index contributed by atoms with van der Waals surface area (Å²) in [5.74, 6) is -0.360. The number of hydrogen-bond acceptors (Lipinski definition) is 5. The molecule has 0 aromatic heterocycles. The van der Waals surface area contributed by atoms with Gasteiger partial charge in [0.15, 0.2) is 16.4 Å². The third-order valence-electron chi connectivity index (χ3n) is 4.62. The topological polar surface area (TPSA) is 102 Å². The summed E-state index contributed by atoms with van der Waals surface area (Å²) in [5.41, 5.74) is 1.78. The van der Waals surface area contributed by atoms with Crippen molar-refractivity contribution >= 4 is 38.9 Å². The van der Waals surface area contributed by atoms with Crippen LogP contribution in [0.5, 0.6) is 5.75 Å². The van der Waals surface area contributed by atoms with Crippen LogP contribution < -0.4 is 15.4 Å². The molecule has 2 aromatic rings. The first kappa shape index (κ1) is 21.1. The average molecular weight is 437 g/mol. The number of anilines is 1. The molecule has 29 heavy (non-hydrogen) atoms. The number of carbonyl (C=O) groups is 2. The van der Waals surface area contributed by atoms with Crippen molar-refractivity contribution in [3.8, 4) is 5.75 Å². The minimum atomic E-state index is -3.77. The summed E-state index contributed by atoms with van der Waals surface area (Å²) in [6.45, 7) is 3.26. The molecule has 0 unspecified atom stereocenters. The lowest BCUT2D eigenvalue weighted by molar-refractivity contribution is -0.121. The highest BCUT2D eigenvalue weighted by molar-refractivity contribution is 7.92. The molecule has 1 aliphatic heterocycles. The Morgan fingerprint density at radius 2 is 1.97 bits per heavy atom. The van der Waals surface area contributed by atoms with Crippen molar-refractivity contribution in [3.05, 3.63) is 52.5 Å². The zero-order chi connectivity index (χ0) is 21.2. The summed E-state index contributed by atoms with van der Waals surface area (Å²) in [6, 6.07) is 9.99. The highest BCUT2D eigenvalue weighted by Gasteiger charge is 2.29. The van der Waals surface area contributed by atoms with Gasteiger partial charge >= 0.3 is 0 Å². The molecule has 9 heteroatoms. The van der Waals surface area contributed by atoms with Crippen LogP contribution in [-0.2, 0) is 26.0 Å². The van der Waals surface area contributed by atoms with Gasteiger partial charge in [-0.25, -0.2) is 8.42 Å². The molecule has 2 amide bonds. The molecule has 7 nitrogen and oxygen atoms in total. The molecule has 0 saturated carbocycles. The Labute approximate surface area is 174 Å². The Hall–Kier alpha value is -2.58. The van der Waals surface area contributed by atoms with Crippen molar-refractivity contribution in [1.82, 2.24) is 5.32 Å². The minimum Gasteiger partial charge on any atom is -0.482 e. The van der Waals surface area contributed by atoms with Crippen LogP contribution in [0.1, 0.15) is 24.5 Å². The van der Waals surface area contributed by atoms with E-state index in [2.05, 4.69) is 10.6 Å². The molecule has 0 saturated heterocycles. The van der Waals surface area contributed by atoms with E-state index >= 15 is 0 Å². The van der Waals surface area contributed by atoms with Crippen molar-refractivity contribution in [1.29, 1.82) is 0 Å². The average Bonchev–Trinajstić information content (AvgIpc) is 2.66. The number of benzene rings is 2. The van der Waals surface area contributed by atoms with Gasteiger partial charge in [0.2, 0.25) is 5.91 Å². The highest BCUT2D eigenvalue weighted by Crippen LogP contribution is 2.34. The smallest absolute Gasteiger partial charge is 0.262 e. The van der Waals surface area contributed by atoms with Crippen molar-refractivity contribution in [2.45, 2.75) is 37.0 Å². The predicted molar refractivity (Wildman–Crippen MR) is 110 cm³/mol. The van der Waals surface area contributed by atoms with E-state index in [4.69, 9.17) is 16.3 Å². The molecule has 0 spiro atoms. The number of halogens is 1. The molecule has 154 valence electrons. The number of amides is 2. The number of aryl methyl sites for hydroxylation is 1. The SMILES string of the molecule is Cc1cc2c(cc1S(=O)(=O)[C@@H](C)CC(=O)NCc1ccc(Cl)cc1)OCC(=O)N2. The zero-order valence-corrected chi connectivity index (χ0v) is 17.6. The zero-order valence-electron chi connectivity index (χ0n) is 16.0. The van der Waals surface area contributed by atoms with Crippen LogP contribution in [0.3, 0.4) is 0 Å². The maximum Gasteiger partial charge on any atom is 0.262 e. The first-order valence-corrected chi connectivity index (χ1v) is 10.9. The number of sulfone groups is 1. The maximum atomic E-state index is 13.0. The van der Waals surface area contributed by atoms with E-state index < -0.39 is 15.1 Å². The van der Waals surface area contributed by atoms with Crippen LogP contribution in [0.4, 0.5) is 5.69 Å². The fourth-order valence-corrected chi connectivity index (χ4v) is 4.69. The van der Waals surface area contributed by atoms with Crippen LogP contribution in [0.15, 0.2) is 41.3 Å². The number of fused-ring (bicyclic) bond motifs is 1. The molecule has 0 aliphatic carbocycles. The lowest BCUT2D eigenvalue weighted by Crippen LogP contribution is -2.30. The number of carbonyl (C=O) groups excluding carboxylic acids is 2. The molecule has 2 aromatic carbocycles. The van der Waals surface area contributed by atoms with Gasteiger partial charge in [-0.2, -0.15) is 0 Å². The van der Waals surface area contributed by atoms with Crippen molar-refractivity contribution < 1.29 is 22.7 Å². The van der Waals surface area contributed by atoms with Gasteiger partial charge in [-0.3, -0.25) is 9.59 Å². The summed E-state index contributed by atoms with van der Waals surface area (Å²) >= 11 is 5.83. The van der Waals surface area contributed by atoms with Gasteiger partial charge in [0, 0.05) is 24.1 Å². The van der Waals surface area contributed by atoms with E-state index in [1.54, 1.807) is 37.3 Å². The van der Waals surface area contributed by atoms with Gasteiger partial charge in [-0.05, 0) is 43.2 Å². The summed E-state index contributed by atoms with van der Waals surface area (Å²) in [7, 11) is -3.77. The van der Waals surface area contributed by atoms with E-state index in [0.29, 0.717) is 22.0 Å². The second-order valence-corrected chi connectivity index (χ2v) is 9.68. The van der Waals surface area contributed by atoms with E-state index in [1.165, 1.54) is 13.0 Å². The first-order valence-electron chi connectivity index (χ1n) is 8.99. The fourth-order valence-electron chi connectivity index (χ4n) is 2.99. The van der Waals surface area contributed by atoms with Gasteiger partial charge in [0.25, 0.3) is 5.91 Å². The monoisotopic (exact) mass is 436 g/mol. The minimum absolute atomic E-state index is 0.0883. The van der Waals surface area contributed by atoms with Crippen molar-refractivity contribution in [2.75, 3.05) is 11.9 Å². The molecule has 3 rings (SSSR count). The molecule has 1 aliphatic rings. The predicted octanol–water partition coefficient (Wildman–Crippen LogP) is 2.85. The molecule has 1 atom stereocenters. The third kappa shape index (κ3) is 4.89. The fraction of sp³-hybridized carbons (Fsp3) is 0.300. The molecule has 2 N–H and O–H groups in total. The van der Waals surface area contributed by atoms with Crippen molar-refractivity contribution in [2.24, 2.45) is 0 Å². The second-order valence-electron chi connectivity index (χ2n) is 6.91. The Morgan fingerprint density at radius 3 is 2.66 bits per heavy atom. The molecular weight excluding hydrogens is 416 g/mol. The van der Waals surface area contributed by atoms with Gasteiger partial charge in [0.05, 0.1) is 15.8 Å². The van der Waals surface area contributed by atoms with Crippen LogP contribution in [0, 0.1) is 6.92 Å². The second kappa shape index (κ2) is 8.42. The Kier molecular flexibility index (Phi) is 6.14. The molecular formula is C20H21ClN2O5S. The molecule has 0 fully saturated rings. The normalized spacial score (nSPS) is 14.4. The Morgan fingerprint density at radius 1 is 1.28 bits per heavy atom. The van der Waals surface area contributed by atoms with E-state index in [-0.39, 0.29) is 36.3 Å². The van der Waals surface area contributed by atoms with E-state index in [9.17, 15) is 18.0 Å². The van der Waals surface area contributed by atoms with E-state index in [1.807, 2.05) is 0 Å². The van der Waals surface area contributed by atoms with Gasteiger partial charge < -0.3 is 15.4 Å². The summed E-state index contributed by atoms with van der Waals surface area (Å²) < 4.78 is 31.3. The van der Waals surface area contributed by atoms with Gasteiger partial charge in [0.1, 0.15) is 5.75 Å². The lowest BCUT2D eigenvalue weighted by atomic mass is 10.2. The first-order chi connectivity index (χ1) is 13.7. The summed E-state index contributed by atoms with van der Waals surface area (Å²) in [6.07, 6.45) is -0.177. The highest BCUT2D eigenvalue weighted by atomic mass is 35.5. The number of hydrogen-bond donors (Lipinski definition) is 2. The number of rotatable bonds is 6. The van der Waals surface area contributed by atoms with Crippen LogP contribution in [0.2, 0.25) is 5.02 Å². The Balaban J connectivity index is 1.69. The van der Waals surface area contributed by atoms with Crippen LogP contribution in [0.25, 0.3) is 0 Å². The largest absolute Gasteiger partial charge is 0.482 e. The van der Waals surface area contributed by atoms with E-state index in [0.717, 1.165) is 5.56 Å². The van der Waals surface area contributed by atoms with Gasteiger partial charge in [-0.1, -0.05) is 23.7 Å². The lowest BCUT2D eigenvalue weighted by Gasteiger charge is -2.21. The van der Waals surface area contributed by atoms with Crippen molar-refractivity contribution in [3.63, 3.8) is 0 Å². The number of ether oxygens (including phenoxy) is 1.